The van der Waals surface area contributed by atoms with Crippen LogP contribution in [-0.4, -0.2) is 62.0 Å². The Morgan fingerprint density at radius 2 is 1.72 bits per heavy atom. The SMILES string of the molecule is O=C1CC(=O)N(c2ccc(-c3nnn[nH]3)cc2)c2ccc3ccccc3c2N1.[NaH]. The van der Waals surface area contributed by atoms with Gasteiger partial charge in [-0.2, -0.15) is 0 Å². The van der Waals surface area contributed by atoms with Crippen molar-refractivity contribution in [1.29, 1.82) is 0 Å². The van der Waals surface area contributed by atoms with Crippen LogP contribution in [0.3, 0.4) is 0 Å². The van der Waals surface area contributed by atoms with Gasteiger partial charge in [-0.3, -0.25) is 14.5 Å². The van der Waals surface area contributed by atoms with Gasteiger partial charge in [0.1, 0.15) is 6.42 Å². The molecule has 0 unspecified atom stereocenters. The number of anilines is 3. The molecule has 0 aliphatic carbocycles. The molecule has 1 aliphatic heterocycles. The van der Waals surface area contributed by atoms with Gasteiger partial charge in [0.2, 0.25) is 11.8 Å². The molecule has 0 saturated heterocycles. The summed E-state index contributed by atoms with van der Waals surface area (Å²) in [4.78, 5) is 26.7. The number of aromatic amines is 1. The van der Waals surface area contributed by atoms with Gasteiger partial charge >= 0.3 is 29.6 Å². The zero-order chi connectivity index (χ0) is 19.1. The number of aromatic nitrogens is 4. The van der Waals surface area contributed by atoms with Crippen molar-refractivity contribution in [2.45, 2.75) is 6.42 Å². The maximum atomic E-state index is 12.9. The summed E-state index contributed by atoms with van der Waals surface area (Å²) in [5.74, 6) is -0.0768. The fourth-order valence-corrected chi connectivity index (χ4v) is 3.45. The summed E-state index contributed by atoms with van der Waals surface area (Å²) in [6.07, 6.45) is -0.225. The van der Waals surface area contributed by atoms with Gasteiger partial charge in [-0.1, -0.05) is 30.3 Å². The second kappa shape index (κ2) is 7.75. The molecular weight excluding hydrogens is 379 g/mol. The molecule has 0 radical (unpaired) electrons. The van der Waals surface area contributed by atoms with E-state index in [-0.39, 0.29) is 47.8 Å². The van der Waals surface area contributed by atoms with E-state index >= 15 is 0 Å². The summed E-state index contributed by atoms with van der Waals surface area (Å²) in [5.41, 5.74) is 2.74. The fraction of sp³-hybridized carbons (Fsp3) is 0.0500. The summed E-state index contributed by atoms with van der Waals surface area (Å²) in [6.45, 7) is 0. The molecule has 4 aromatic rings. The average Bonchev–Trinajstić information content (AvgIpc) is 3.21. The van der Waals surface area contributed by atoms with Crippen LogP contribution in [0.5, 0.6) is 0 Å². The summed E-state index contributed by atoms with van der Waals surface area (Å²) in [6, 6.07) is 18.8. The number of H-pyrrole nitrogens is 1. The van der Waals surface area contributed by atoms with Crippen molar-refractivity contribution in [3.8, 4) is 11.4 Å². The molecule has 0 bridgehead atoms. The summed E-state index contributed by atoms with van der Waals surface area (Å²) >= 11 is 0. The Labute approximate surface area is 187 Å². The molecule has 8 nitrogen and oxygen atoms in total. The van der Waals surface area contributed by atoms with E-state index in [0.29, 0.717) is 22.9 Å². The van der Waals surface area contributed by atoms with E-state index in [1.54, 1.807) is 4.90 Å². The number of hydrogen-bond donors (Lipinski definition) is 2. The van der Waals surface area contributed by atoms with Gasteiger partial charge in [0.25, 0.3) is 0 Å². The molecule has 138 valence electrons. The molecular formula is C20H15N6NaO2. The first kappa shape index (κ1) is 19.3. The van der Waals surface area contributed by atoms with Crippen LogP contribution in [0.1, 0.15) is 6.42 Å². The van der Waals surface area contributed by atoms with Gasteiger partial charge in [-0.15, -0.1) is 5.10 Å². The quantitative estimate of drug-likeness (QED) is 0.401. The molecule has 0 fully saturated rings. The van der Waals surface area contributed by atoms with Gasteiger partial charge in [-0.25, -0.2) is 5.10 Å². The maximum absolute atomic E-state index is 12.9. The van der Waals surface area contributed by atoms with Crippen LogP contribution in [0, 0.1) is 0 Å². The monoisotopic (exact) mass is 394 g/mol. The van der Waals surface area contributed by atoms with E-state index in [2.05, 4.69) is 25.9 Å². The Balaban J connectivity index is 0.00000205. The van der Waals surface area contributed by atoms with Crippen molar-refractivity contribution in [3.63, 3.8) is 0 Å². The summed E-state index contributed by atoms with van der Waals surface area (Å²) in [5, 5.41) is 18.5. The van der Waals surface area contributed by atoms with Crippen LogP contribution in [0.2, 0.25) is 0 Å². The van der Waals surface area contributed by atoms with E-state index in [9.17, 15) is 9.59 Å². The summed E-state index contributed by atoms with van der Waals surface area (Å²) in [7, 11) is 0. The van der Waals surface area contributed by atoms with Crippen molar-refractivity contribution in [3.05, 3.63) is 60.7 Å². The van der Waals surface area contributed by atoms with Crippen LogP contribution in [0.4, 0.5) is 17.1 Å². The van der Waals surface area contributed by atoms with Crippen LogP contribution in [-0.2, 0) is 9.59 Å². The Hall–Kier alpha value is -3.07. The van der Waals surface area contributed by atoms with Crippen LogP contribution in [0.15, 0.2) is 60.7 Å². The van der Waals surface area contributed by atoms with Gasteiger partial charge in [0.05, 0.1) is 11.4 Å². The van der Waals surface area contributed by atoms with Crippen molar-refractivity contribution >= 4 is 69.2 Å². The van der Waals surface area contributed by atoms with Crippen molar-refractivity contribution < 1.29 is 9.59 Å². The van der Waals surface area contributed by atoms with Gasteiger partial charge in [0, 0.05) is 16.6 Å². The molecule has 2 heterocycles. The number of nitrogens with one attached hydrogen (secondary N) is 2. The first-order valence-electron chi connectivity index (χ1n) is 8.69. The molecule has 2 N–H and O–H groups in total. The van der Waals surface area contributed by atoms with Gasteiger partial charge in [0.15, 0.2) is 5.82 Å². The predicted octanol–water partition coefficient (Wildman–Crippen LogP) is 2.38. The third-order valence-corrected chi connectivity index (χ3v) is 4.72. The number of carbonyl (C=O) groups excluding carboxylic acids is 2. The standard InChI is InChI=1S/C20H14N6O2.Na.H/c27-17-11-18(28)26(14-8-5-13(6-9-14)20-22-24-25-23-20)16-10-7-12-3-1-2-4-15(12)19(16)21-17;;/h1-10H,11H2,(H,21,27)(H,22,23,24,25);;. The second-order valence-electron chi connectivity index (χ2n) is 6.43. The average molecular weight is 394 g/mol. The minimum absolute atomic E-state index is 0. The summed E-state index contributed by atoms with van der Waals surface area (Å²) < 4.78 is 0. The zero-order valence-corrected chi connectivity index (χ0v) is 14.6. The molecule has 1 aromatic heterocycles. The second-order valence-corrected chi connectivity index (χ2v) is 6.43. The first-order chi connectivity index (χ1) is 13.7. The van der Waals surface area contributed by atoms with E-state index in [1.165, 1.54) is 0 Å². The van der Waals surface area contributed by atoms with Crippen molar-refractivity contribution in [2.75, 3.05) is 10.2 Å². The molecule has 29 heavy (non-hydrogen) atoms. The molecule has 0 atom stereocenters. The number of carbonyl (C=O) groups is 2. The fourth-order valence-electron chi connectivity index (χ4n) is 3.45. The number of nitrogens with zero attached hydrogens (tertiary/aromatic N) is 4. The number of tetrazole rings is 1. The van der Waals surface area contributed by atoms with Crippen molar-refractivity contribution in [1.82, 2.24) is 20.6 Å². The Morgan fingerprint density at radius 1 is 0.931 bits per heavy atom. The van der Waals surface area contributed by atoms with Crippen molar-refractivity contribution in [2.24, 2.45) is 0 Å². The van der Waals surface area contributed by atoms with E-state index in [4.69, 9.17) is 0 Å². The number of fused-ring (bicyclic) bond motifs is 3. The molecule has 1 aliphatic rings. The number of hydrogen-bond acceptors (Lipinski definition) is 5. The van der Waals surface area contributed by atoms with Crippen LogP contribution >= 0.6 is 0 Å². The first-order valence-corrected chi connectivity index (χ1v) is 8.69. The number of amides is 2. The number of rotatable bonds is 2. The molecule has 2 amide bonds. The van der Waals surface area contributed by atoms with E-state index in [1.807, 2.05) is 60.7 Å². The van der Waals surface area contributed by atoms with E-state index in [0.717, 1.165) is 16.3 Å². The number of benzene rings is 3. The Bertz CT molecular complexity index is 1210. The molecule has 9 heteroatoms. The molecule has 0 spiro atoms. The Kier molecular flexibility index (Phi) is 5.14. The van der Waals surface area contributed by atoms with Gasteiger partial charge in [-0.05, 0) is 46.1 Å². The predicted molar refractivity (Wildman–Crippen MR) is 111 cm³/mol. The Morgan fingerprint density at radius 3 is 2.48 bits per heavy atom. The van der Waals surface area contributed by atoms with E-state index < -0.39 is 0 Å². The minimum atomic E-state index is -0.325. The zero-order valence-electron chi connectivity index (χ0n) is 14.6. The van der Waals surface area contributed by atoms with Gasteiger partial charge < -0.3 is 5.32 Å². The third-order valence-electron chi connectivity index (χ3n) is 4.72. The molecule has 3 aromatic carbocycles. The topological polar surface area (TPSA) is 104 Å². The molecule has 5 rings (SSSR count). The third kappa shape index (κ3) is 3.42. The molecule has 0 saturated carbocycles. The van der Waals surface area contributed by atoms with Crippen LogP contribution < -0.4 is 10.2 Å². The normalized spacial score (nSPS) is 13.4. The van der Waals surface area contributed by atoms with Crippen LogP contribution in [0.25, 0.3) is 22.2 Å².